The van der Waals surface area contributed by atoms with Crippen LogP contribution in [0.5, 0.6) is 0 Å². The van der Waals surface area contributed by atoms with Gasteiger partial charge in [0.2, 0.25) is 5.72 Å². The molecule has 6 atom stereocenters. The average molecular weight is 250 g/mol. The number of aliphatic hydroxyl groups is 5. The van der Waals surface area contributed by atoms with Crippen LogP contribution in [-0.2, 0) is 4.74 Å². The predicted octanol–water partition coefficient (Wildman–Crippen LogP) is -3.26. The fraction of sp³-hybridized carbons (Fsp3) is 1.00. The van der Waals surface area contributed by atoms with Gasteiger partial charge in [-0.15, -0.1) is 0 Å². The number of aliphatic hydroxyl groups excluding tert-OH is 5. The molecule has 98 valence electrons. The maximum absolute atomic E-state index is 9.65. The van der Waals surface area contributed by atoms with Gasteiger partial charge >= 0.3 is 0 Å². The molecule has 1 heterocycles. The van der Waals surface area contributed by atoms with E-state index in [4.69, 9.17) is 21.1 Å². The van der Waals surface area contributed by atoms with E-state index in [0.29, 0.717) is 0 Å². The maximum Gasteiger partial charge on any atom is 0.214 e. The predicted molar refractivity (Wildman–Crippen MR) is 52.1 cm³/mol. The smallest absolute Gasteiger partial charge is 0.214 e. The second-order valence-electron chi connectivity index (χ2n) is 3.65. The standard InChI is InChI=1S/C7H14N4O6/c8-6(16)7(10-11-9)5(15)4(14)3(13)2(1-12)17-7/h2-6,12-16H,1,8H2/t2-,3-,4+,5-,6-,7+/m0/s1. The van der Waals surface area contributed by atoms with Crippen LogP contribution in [0.1, 0.15) is 0 Å². The quantitative estimate of drug-likeness (QED) is 0.131. The molecule has 0 unspecified atom stereocenters. The van der Waals surface area contributed by atoms with E-state index < -0.39 is 43.0 Å². The highest BCUT2D eigenvalue weighted by Crippen LogP contribution is 2.33. The molecular weight excluding hydrogens is 236 g/mol. The van der Waals surface area contributed by atoms with Crippen molar-refractivity contribution < 1.29 is 30.3 Å². The fourth-order valence-electron chi connectivity index (χ4n) is 1.63. The second-order valence-corrected chi connectivity index (χ2v) is 3.65. The van der Waals surface area contributed by atoms with E-state index >= 15 is 0 Å². The minimum atomic E-state index is -2.36. The Morgan fingerprint density at radius 3 is 2.41 bits per heavy atom. The van der Waals surface area contributed by atoms with Gasteiger partial charge in [-0.25, -0.2) is 0 Å². The molecule has 1 saturated heterocycles. The van der Waals surface area contributed by atoms with Gasteiger partial charge in [0.1, 0.15) is 30.6 Å². The lowest BCUT2D eigenvalue weighted by Crippen LogP contribution is -2.69. The molecule has 7 N–H and O–H groups in total. The molecule has 1 aliphatic rings. The van der Waals surface area contributed by atoms with Gasteiger partial charge in [0.15, 0.2) is 0 Å². The molecular formula is C7H14N4O6. The van der Waals surface area contributed by atoms with Crippen LogP contribution in [0.15, 0.2) is 5.11 Å². The molecule has 0 saturated carbocycles. The first-order valence-electron chi connectivity index (χ1n) is 4.73. The molecule has 0 aromatic carbocycles. The Bertz CT molecular complexity index is 319. The van der Waals surface area contributed by atoms with Crippen molar-refractivity contribution in [3.63, 3.8) is 0 Å². The van der Waals surface area contributed by atoms with Gasteiger partial charge in [-0.05, 0) is 5.53 Å². The molecule has 0 radical (unpaired) electrons. The summed E-state index contributed by atoms with van der Waals surface area (Å²) in [6, 6.07) is 0. The molecule has 10 nitrogen and oxygen atoms in total. The van der Waals surface area contributed by atoms with Crippen molar-refractivity contribution in [1.82, 2.24) is 0 Å². The summed E-state index contributed by atoms with van der Waals surface area (Å²) in [7, 11) is 0. The van der Waals surface area contributed by atoms with E-state index in [1.165, 1.54) is 0 Å². The van der Waals surface area contributed by atoms with Gasteiger partial charge in [-0.3, -0.25) is 0 Å². The van der Waals surface area contributed by atoms with Gasteiger partial charge in [0.25, 0.3) is 0 Å². The van der Waals surface area contributed by atoms with Crippen LogP contribution in [-0.4, -0.2) is 68.5 Å². The van der Waals surface area contributed by atoms with Crippen molar-refractivity contribution in [1.29, 1.82) is 0 Å². The highest BCUT2D eigenvalue weighted by Gasteiger charge is 2.56. The molecule has 0 aromatic heterocycles. The summed E-state index contributed by atoms with van der Waals surface area (Å²) in [5.74, 6) is 0. The molecule has 0 bridgehead atoms. The van der Waals surface area contributed by atoms with Crippen LogP contribution in [0.3, 0.4) is 0 Å². The number of hydrogen-bond donors (Lipinski definition) is 6. The number of ether oxygens (including phenoxy) is 1. The lowest BCUT2D eigenvalue weighted by Gasteiger charge is -2.46. The Hall–Kier alpha value is -0.970. The van der Waals surface area contributed by atoms with Crippen molar-refractivity contribution >= 4 is 0 Å². The molecule has 17 heavy (non-hydrogen) atoms. The van der Waals surface area contributed by atoms with Gasteiger partial charge in [-0.1, -0.05) is 5.11 Å². The molecule has 0 aliphatic carbocycles. The number of hydrogen-bond acceptors (Lipinski definition) is 8. The zero-order chi connectivity index (χ0) is 13.2. The fourth-order valence-corrected chi connectivity index (χ4v) is 1.63. The Kier molecular flexibility index (Phi) is 4.25. The number of nitrogens with two attached hydrogens (primary N) is 1. The van der Waals surface area contributed by atoms with Crippen molar-refractivity contribution in [2.75, 3.05) is 6.61 Å². The van der Waals surface area contributed by atoms with E-state index in [2.05, 4.69) is 10.0 Å². The van der Waals surface area contributed by atoms with Gasteiger partial charge in [-0.2, -0.15) is 0 Å². The summed E-state index contributed by atoms with van der Waals surface area (Å²) < 4.78 is 4.91. The maximum atomic E-state index is 9.65. The third-order valence-electron chi connectivity index (χ3n) is 2.62. The summed E-state index contributed by atoms with van der Waals surface area (Å²) in [6.07, 6.45) is -8.61. The van der Waals surface area contributed by atoms with Gasteiger partial charge in [0.05, 0.1) is 6.61 Å². The first-order valence-corrected chi connectivity index (χ1v) is 4.73. The van der Waals surface area contributed by atoms with Crippen LogP contribution in [0.2, 0.25) is 0 Å². The van der Waals surface area contributed by atoms with Crippen molar-refractivity contribution in [3.05, 3.63) is 10.4 Å². The molecule has 1 rings (SSSR count). The minimum absolute atomic E-state index is 0.722. The molecule has 1 aliphatic heterocycles. The SMILES string of the molecule is [N-]=[N+]=N[C@@]1([C@@H](N)O)O[C@@H](CO)[C@H](O)[C@@H](O)[C@@H]1O. The third-order valence-corrected chi connectivity index (χ3v) is 2.62. The van der Waals surface area contributed by atoms with Crippen LogP contribution in [0.4, 0.5) is 0 Å². The lowest BCUT2D eigenvalue weighted by atomic mass is 9.90. The van der Waals surface area contributed by atoms with Crippen molar-refractivity contribution in [2.45, 2.75) is 36.4 Å². The summed E-state index contributed by atoms with van der Waals surface area (Å²) in [4.78, 5) is 2.36. The minimum Gasteiger partial charge on any atom is -0.394 e. The highest BCUT2D eigenvalue weighted by atomic mass is 16.6. The Morgan fingerprint density at radius 2 is 2.00 bits per heavy atom. The normalized spacial score (nSPS) is 43.9. The second kappa shape index (κ2) is 5.12. The molecule has 0 amide bonds. The van der Waals surface area contributed by atoms with E-state index in [1.54, 1.807) is 0 Å². The summed E-state index contributed by atoms with van der Waals surface area (Å²) in [5, 5.41) is 49.8. The van der Waals surface area contributed by atoms with E-state index in [1.807, 2.05) is 0 Å². The summed E-state index contributed by atoms with van der Waals surface area (Å²) >= 11 is 0. The summed E-state index contributed by atoms with van der Waals surface area (Å²) in [5.41, 5.74) is 11.1. The largest absolute Gasteiger partial charge is 0.394 e. The van der Waals surface area contributed by atoms with Gasteiger partial charge in [0, 0.05) is 4.91 Å². The zero-order valence-electron chi connectivity index (χ0n) is 8.66. The number of nitrogens with zero attached hydrogens (tertiary/aromatic N) is 3. The van der Waals surface area contributed by atoms with Crippen LogP contribution < -0.4 is 5.73 Å². The van der Waals surface area contributed by atoms with Crippen molar-refractivity contribution in [3.8, 4) is 0 Å². The molecule has 1 fully saturated rings. The van der Waals surface area contributed by atoms with Crippen LogP contribution >= 0.6 is 0 Å². The van der Waals surface area contributed by atoms with Crippen LogP contribution in [0, 0.1) is 0 Å². The number of rotatable bonds is 3. The summed E-state index contributed by atoms with van der Waals surface area (Å²) in [6.45, 7) is -0.722. The number of azide groups is 1. The lowest BCUT2D eigenvalue weighted by molar-refractivity contribution is -0.295. The zero-order valence-corrected chi connectivity index (χ0v) is 8.66. The molecule has 10 heteroatoms. The van der Waals surface area contributed by atoms with Crippen LogP contribution in [0.25, 0.3) is 10.4 Å². The monoisotopic (exact) mass is 250 g/mol. The average Bonchev–Trinajstić information content (AvgIpc) is 2.30. The Morgan fingerprint density at radius 1 is 1.41 bits per heavy atom. The van der Waals surface area contributed by atoms with Crippen molar-refractivity contribution in [2.24, 2.45) is 10.8 Å². The van der Waals surface area contributed by atoms with E-state index in [9.17, 15) is 20.4 Å². The topological polar surface area (TPSA) is 185 Å². The first-order chi connectivity index (χ1) is 7.90. The Balaban J connectivity index is 3.16. The highest BCUT2D eigenvalue weighted by molar-refractivity contribution is 5.02. The Labute approximate surface area is 95.5 Å². The molecule has 0 spiro atoms. The van der Waals surface area contributed by atoms with Gasteiger partial charge < -0.3 is 36.0 Å². The van der Waals surface area contributed by atoms with E-state index in [-0.39, 0.29) is 0 Å². The third kappa shape index (κ3) is 2.20. The molecule has 0 aromatic rings. The first kappa shape index (κ1) is 14.1. The van der Waals surface area contributed by atoms with E-state index in [0.717, 1.165) is 0 Å².